The molecule has 2 aromatic heterocycles. The van der Waals surface area contributed by atoms with Crippen LogP contribution in [0.1, 0.15) is 63.3 Å². The molecule has 1 aliphatic carbocycles. The van der Waals surface area contributed by atoms with Crippen molar-refractivity contribution in [2.24, 2.45) is 0 Å². The summed E-state index contributed by atoms with van der Waals surface area (Å²) in [5.41, 5.74) is 0.801. The molecule has 3 rings (SSSR count). The summed E-state index contributed by atoms with van der Waals surface area (Å²) in [5, 5.41) is 0. The van der Waals surface area contributed by atoms with Crippen LogP contribution in [0.25, 0.3) is 0 Å². The van der Waals surface area contributed by atoms with E-state index in [4.69, 9.17) is 4.42 Å². The van der Waals surface area contributed by atoms with E-state index >= 15 is 0 Å². The summed E-state index contributed by atoms with van der Waals surface area (Å²) in [6, 6.07) is 1.65. The highest BCUT2D eigenvalue weighted by atomic mass is 16.4. The monoisotopic (exact) mass is 287 g/mol. The van der Waals surface area contributed by atoms with Gasteiger partial charge < -0.3 is 4.42 Å². The van der Waals surface area contributed by atoms with Gasteiger partial charge in [0.2, 0.25) is 5.89 Å². The lowest BCUT2D eigenvalue weighted by Crippen LogP contribution is -2.23. The molecule has 0 spiro atoms. The fourth-order valence-corrected chi connectivity index (χ4v) is 2.36. The van der Waals surface area contributed by atoms with Gasteiger partial charge in [0, 0.05) is 17.4 Å². The first-order valence-corrected chi connectivity index (χ1v) is 7.45. The molecule has 5 nitrogen and oxygen atoms in total. The number of hydrogen-bond acceptors (Lipinski definition) is 4. The highest BCUT2D eigenvalue weighted by Crippen LogP contribution is 2.34. The van der Waals surface area contributed by atoms with E-state index in [2.05, 4.69) is 30.7 Å². The van der Waals surface area contributed by atoms with Crippen molar-refractivity contribution in [3.8, 4) is 0 Å². The average Bonchev–Trinajstić information content (AvgIpc) is 2.79. The van der Waals surface area contributed by atoms with Gasteiger partial charge in [-0.25, -0.2) is 9.97 Å². The van der Waals surface area contributed by atoms with Crippen molar-refractivity contribution in [1.29, 1.82) is 0 Å². The van der Waals surface area contributed by atoms with Gasteiger partial charge in [-0.05, 0) is 12.8 Å². The van der Waals surface area contributed by atoms with Crippen LogP contribution in [0.3, 0.4) is 0 Å². The second-order valence-corrected chi connectivity index (χ2v) is 6.78. The van der Waals surface area contributed by atoms with E-state index in [1.807, 2.05) is 0 Å². The van der Waals surface area contributed by atoms with Gasteiger partial charge in [-0.1, -0.05) is 27.2 Å². The number of hydrogen-bond donors (Lipinski definition) is 0. The first-order valence-electron chi connectivity index (χ1n) is 7.45. The van der Waals surface area contributed by atoms with Crippen molar-refractivity contribution < 1.29 is 4.42 Å². The van der Waals surface area contributed by atoms with E-state index < -0.39 is 0 Å². The number of nitrogens with zero attached hydrogens (tertiary/aromatic N) is 3. The molecule has 0 saturated heterocycles. The van der Waals surface area contributed by atoms with Crippen molar-refractivity contribution in [1.82, 2.24) is 14.5 Å². The molecule has 21 heavy (non-hydrogen) atoms. The van der Waals surface area contributed by atoms with Crippen LogP contribution in [0.5, 0.6) is 0 Å². The normalized spacial score (nSPS) is 16.0. The Balaban J connectivity index is 1.78. The van der Waals surface area contributed by atoms with Gasteiger partial charge in [-0.2, -0.15) is 0 Å². The second kappa shape index (κ2) is 5.13. The molecule has 0 bridgehead atoms. The zero-order valence-corrected chi connectivity index (χ0v) is 12.8. The van der Waals surface area contributed by atoms with Crippen LogP contribution in [0.2, 0.25) is 0 Å². The maximum absolute atomic E-state index is 12.1. The lowest BCUT2D eigenvalue weighted by Gasteiger charge is -2.24. The maximum Gasteiger partial charge on any atom is 0.254 e. The molecule has 0 aromatic carbocycles. The third-order valence-electron chi connectivity index (χ3n) is 4.02. The van der Waals surface area contributed by atoms with Gasteiger partial charge in [0.15, 0.2) is 0 Å². The van der Waals surface area contributed by atoms with Crippen molar-refractivity contribution >= 4 is 0 Å². The molecule has 1 saturated carbocycles. The van der Waals surface area contributed by atoms with Crippen LogP contribution in [0.4, 0.5) is 0 Å². The fraction of sp³-hybridized carbons (Fsp3) is 0.562. The number of aromatic nitrogens is 3. The van der Waals surface area contributed by atoms with Gasteiger partial charge >= 0.3 is 0 Å². The minimum absolute atomic E-state index is 0.0394. The van der Waals surface area contributed by atoms with E-state index in [1.165, 1.54) is 6.42 Å². The Morgan fingerprint density at radius 3 is 2.62 bits per heavy atom. The van der Waals surface area contributed by atoms with E-state index in [9.17, 15) is 4.79 Å². The fourth-order valence-electron chi connectivity index (χ4n) is 2.36. The topological polar surface area (TPSA) is 60.9 Å². The summed E-state index contributed by atoms with van der Waals surface area (Å²) >= 11 is 0. The van der Waals surface area contributed by atoms with Gasteiger partial charge in [0.1, 0.15) is 12.3 Å². The molecule has 1 fully saturated rings. The van der Waals surface area contributed by atoms with Gasteiger partial charge in [0.05, 0.1) is 18.2 Å². The quantitative estimate of drug-likeness (QED) is 0.871. The summed E-state index contributed by atoms with van der Waals surface area (Å²) in [7, 11) is 0. The van der Waals surface area contributed by atoms with Crippen LogP contribution >= 0.6 is 0 Å². The largest absolute Gasteiger partial charge is 0.443 e. The zero-order valence-electron chi connectivity index (χ0n) is 12.8. The third kappa shape index (κ3) is 2.91. The first kappa shape index (κ1) is 14.0. The molecule has 0 unspecified atom stereocenters. The molecular formula is C16H21N3O2. The van der Waals surface area contributed by atoms with Gasteiger partial charge in [0.25, 0.3) is 5.56 Å². The lowest BCUT2D eigenvalue weighted by molar-refractivity contribution is 0.374. The van der Waals surface area contributed by atoms with Crippen LogP contribution in [-0.2, 0) is 12.0 Å². The molecule has 112 valence electrons. The zero-order chi connectivity index (χ0) is 15.0. The number of oxazole rings is 1. The molecule has 0 atom stereocenters. The molecule has 0 N–H and O–H groups in total. The predicted octanol–water partition coefficient (Wildman–Crippen LogP) is 2.84. The Hall–Kier alpha value is -1.91. The Labute approximate surface area is 124 Å². The van der Waals surface area contributed by atoms with E-state index in [0.29, 0.717) is 18.4 Å². The Kier molecular flexibility index (Phi) is 3.43. The smallest absolute Gasteiger partial charge is 0.254 e. The number of rotatable bonds is 3. The van der Waals surface area contributed by atoms with E-state index in [0.717, 1.165) is 24.3 Å². The van der Waals surface area contributed by atoms with Crippen LogP contribution in [0, 0.1) is 0 Å². The molecule has 2 aromatic rings. The molecule has 0 radical (unpaired) electrons. The summed E-state index contributed by atoms with van der Waals surface area (Å²) in [6.45, 7) is 6.53. The molecule has 0 amide bonds. The summed E-state index contributed by atoms with van der Waals surface area (Å²) in [5.74, 6) is 1.84. The molecule has 0 aliphatic heterocycles. The van der Waals surface area contributed by atoms with Crippen molar-refractivity contribution in [3.05, 3.63) is 46.3 Å². The van der Waals surface area contributed by atoms with Crippen molar-refractivity contribution in [2.45, 2.75) is 57.9 Å². The highest BCUT2D eigenvalue weighted by molar-refractivity contribution is 5.10. The Morgan fingerprint density at radius 1 is 1.33 bits per heavy atom. The van der Waals surface area contributed by atoms with Crippen molar-refractivity contribution in [3.63, 3.8) is 0 Å². The molecule has 2 heterocycles. The third-order valence-corrected chi connectivity index (χ3v) is 4.02. The average molecular weight is 287 g/mol. The molecule has 1 aliphatic rings. The minimum atomic E-state index is -0.0808. The predicted molar refractivity (Wildman–Crippen MR) is 79.4 cm³/mol. The Bertz CT molecular complexity index is 690. The molecular weight excluding hydrogens is 266 g/mol. The molecule has 5 heteroatoms. The second-order valence-electron chi connectivity index (χ2n) is 6.78. The van der Waals surface area contributed by atoms with E-state index in [1.54, 1.807) is 23.2 Å². The SMILES string of the molecule is CC(C)(C)c1cnc(Cn2cnc(C3CCC3)cc2=O)o1. The van der Waals surface area contributed by atoms with Crippen LogP contribution in [-0.4, -0.2) is 14.5 Å². The maximum atomic E-state index is 12.1. The Morgan fingerprint density at radius 2 is 2.10 bits per heavy atom. The van der Waals surface area contributed by atoms with E-state index in [-0.39, 0.29) is 11.0 Å². The first-order chi connectivity index (χ1) is 9.93. The van der Waals surface area contributed by atoms with Gasteiger partial charge in [-0.15, -0.1) is 0 Å². The highest BCUT2D eigenvalue weighted by Gasteiger charge is 2.22. The van der Waals surface area contributed by atoms with Crippen LogP contribution in [0.15, 0.2) is 27.8 Å². The summed E-state index contributed by atoms with van der Waals surface area (Å²) in [4.78, 5) is 20.8. The standard InChI is InChI=1S/C16H21N3O2/c1-16(2,3)13-8-17-14(21-13)9-19-10-18-12(7-15(19)20)11-5-4-6-11/h7-8,10-11H,4-6,9H2,1-3H3. The summed E-state index contributed by atoms with van der Waals surface area (Å²) in [6.07, 6.45) is 6.87. The lowest BCUT2D eigenvalue weighted by atomic mass is 9.83. The van der Waals surface area contributed by atoms with Crippen LogP contribution < -0.4 is 5.56 Å². The summed E-state index contributed by atoms with van der Waals surface area (Å²) < 4.78 is 7.26. The van der Waals surface area contributed by atoms with Gasteiger partial charge in [-0.3, -0.25) is 9.36 Å². The minimum Gasteiger partial charge on any atom is -0.443 e. The van der Waals surface area contributed by atoms with Crippen molar-refractivity contribution in [2.75, 3.05) is 0 Å².